The molecule has 1 aliphatic rings. The Balaban J connectivity index is 1.98. The largest absolute Gasteiger partial charge is 0.457 e. The van der Waals surface area contributed by atoms with E-state index in [1.54, 1.807) is 51.1 Å². The molecule has 0 unspecified atom stereocenters. The van der Waals surface area contributed by atoms with E-state index in [1.165, 1.54) is 24.3 Å². The molecule has 1 aliphatic heterocycles. The van der Waals surface area contributed by atoms with Crippen LogP contribution < -0.4 is 10.2 Å². The molecule has 11 heteroatoms. The van der Waals surface area contributed by atoms with E-state index in [0.29, 0.717) is 5.69 Å². The summed E-state index contributed by atoms with van der Waals surface area (Å²) in [5.41, 5.74) is -0.780. The quantitative estimate of drug-likeness (QED) is 0.174. The van der Waals surface area contributed by atoms with Crippen LogP contribution in [0.1, 0.15) is 36.8 Å². The molecular weight excluding hydrogens is 533 g/mol. The molecule has 3 aromatic rings. The average Bonchev–Trinajstić information content (AvgIpc) is 3.30. The van der Waals surface area contributed by atoms with Crippen LogP contribution in [0.3, 0.4) is 0 Å². The Hall–Kier alpha value is -4.08. The van der Waals surface area contributed by atoms with E-state index in [1.807, 2.05) is 0 Å². The molecule has 2 heterocycles. The van der Waals surface area contributed by atoms with Crippen LogP contribution in [0.15, 0.2) is 60.8 Å². The van der Waals surface area contributed by atoms with Crippen molar-refractivity contribution in [2.45, 2.75) is 26.4 Å². The number of halogens is 2. The zero-order valence-corrected chi connectivity index (χ0v) is 22.2. The van der Waals surface area contributed by atoms with Crippen molar-refractivity contribution in [3.05, 3.63) is 82.1 Å². The van der Waals surface area contributed by atoms with Gasteiger partial charge < -0.3 is 14.8 Å². The molecule has 2 aromatic carbocycles. The van der Waals surface area contributed by atoms with Gasteiger partial charge in [0.25, 0.3) is 5.91 Å². The first-order chi connectivity index (χ1) is 17.9. The molecule has 0 saturated carbocycles. The lowest BCUT2D eigenvalue weighted by Gasteiger charge is -2.20. The average molecular weight is 556 g/mol. The third-order valence-electron chi connectivity index (χ3n) is 5.31. The lowest BCUT2D eigenvalue weighted by Crippen LogP contribution is -2.30. The minimum absolute atomic E-state index is 0.0557. The van der Waals surface area contributed by atoms with Crippen LogP contribution in [0, 0.1) is 0 Å². The van der Waals surface area contributed by atoms with Gasteiger partial charge in [0.05, 0.1) is 16.2 Å². The van der Waals surface area contributed by atoms with Gasteiger partial charge in [-0.1, -0.05) is 54.1 Å². The Morgan fingerprint density at radius 1 is 1.11 bits per heavy atom. The number of carbonyl (C=O) groups excluding carboxylic acids is 4. The summed E-state index contributed by atoms with van der Waals surface area (Å²) < 4.78 is 11.8. The summed E-state index contributed by atoms with van der Waals surface area (Å²) in [6.07, 6.45) is 1.74. The number of para-hydroxylation sites is 1. The standard InChI is InChI=1S/C27H23Cl2N3O6/c1-5-11-37-24(34)22-17(14-19-23(33)31(25(35)30-19)16-9-7-6-8-10-16)21-18(29)12-15(28)13-20(21)32(22)26(36)38-27(2,3)4/h5-10,12-14H,1,11H2,2-4H3,(H,30,35). The lowest BCUT2D eigenvalue weighted by molar-refractivity contribution is -0.113. The molecule has 0 radical (unpaired) electrons. The molecule has 9 nitrogen and oxygen atoms in total. The first kappa shape index (κ1) is 27.0. The van der Waals surface area contributed by atoms with Crippen molar-refractivity contribution in [2.24, 2.45) is 0 Å². The minimum atomic E-state index is -0.914. The van der Waals surface area contributed by atoms with E-state index >= 15 is 0 Å². The van der Waals surface area contributed by atoms with Crippen LogP contribution in [-0.2, 0) is 14.3 Å². The SMILES string of the molecule is C=CCOC(=O)c1c(C=C2NC(=O)N(c3ccccc3)C2=O)c2c(Cl)cc(Cl)cc2n1C(=O)OC(C)(C)C. The number of nitrogens with one attached hydrogen (secondary N) is 1. The van der Waals surface area contributed by atoms with Crippen molar-refractivity contribution >= 4 is 69.9 Å². The minimum Gasteiger partial charge on any atom is -0.457 e. The second-order valence-corrected chi connectivity index (χ2v) is 10.1. The highest BCUT2D eigenvalue weighted by molar-refractivity contribution is 6.40. The fourth-order valence-electron chi connectivity index (χ4n) is 3.90. The van der Waals surface area contributed by atoms with Crippen molar-refractivity contribution in [1.29, 1.82) is 0 Å². The maximum atomic E-state index is 13.4. The van der Waals surface area contributed by atoms with Crippen molar-refractivity contribution < 1.29 is 28.7 Å². The Labute approximate surface area is 228 Å². The number of urea groups is 1. The van der Waals surface area contributed by atoms with Gasteiger partial charge in [0.1, 0.15) is 23.6 Å². The summed E-state index contributed by atoms with van der Waals surface area (Å²) in [6, 6.07) is 10.5. The lowest BCUT2D eigenvalue weighted by atomic mass is 10.1. The highest BCUT2D eigenvalue weighted by Gasteiger charge is 2.37. The number of benzene rings is 2. The number of anilines is 1. The van der Waals surface area contributed by atoms with Gasteiger partial charge in [-0.2, -0.15) is 0 Å². The van der Waals surface area contributed by atoms with Crippen LogP contribution in [0.5, 0.6) is 0 Å². The summed E-state index contributed by atoms with van der Waals surface area (Å²) in [5, 5.41) is 3.02. The van der Waals surface area contributed by atoms with Gasteiger partial charge in [0.15, 0.2) is 0 Å². The number of carbonyl (C=O) groups is 4. The number of ether oxygens (including phenoxy) is 2. The van der Waals surface area contributed by atoms with Crippen molar-refractivity contribution in [3.63, 3.8) is 0 Å². The van der Waals surface area contributed by atoms with E-state index in [4.69, 9.17) is 32.7 Å². The molecular formula is C27H23Cl2N3O6. The Morgan fingerprint density at radius 3 is 2.42 bits per heavy atom. The number of fused-ring (bicyclic) bond motifs is 1. The normalized spacial score (nSPS) is 14.7. The van der Waals surface area contributed by atoms with Gasteiger partial charge in [-0.3, -0.25) is 4.79 Å². The second kappa shape index (κ2) is 10.4. The second-order valence-electron chi connectivity index (χ2n) is 9.21. The zero-order valence-electron chi connectivity index (χ0n) is 20.7. The highest BCUT2D eigenvalue weighted by Crippen LogP contribution is 2.37. The monoisotopic (exact) mass is 555 g/mol. The van der Waals surface area contributed by atoms with Crippen molar-refractivity contribution in [1.82, 2.24) is 9.88 Å². The van der Waals surface area contributed by atoms with Gasteiger partial charge in [0, 0.05) is 16.0 Å². The number of rotatable bonds is 5. The summed E-state index contributed by atoms with van der Waals surface area (Å²) in [4.78, 5) is 53.6. The van der Waals surface area contributed by atoms with E-state index < -0.39 is 29.6 Å². The Kier molecular flexibility index (Phi) is 7.35. The number of amides is 3. The molecule has 1 saturated heterocycles. The van der Waals surface area contributed by atoms with Gasteiger partial charge in [-0.05, 0) is 51.1 Å². The number of hydrogen-bond donors (Lipinski definition) is 1. The zero-order chi connectivity index (χ0) is 27.8. The predicted octanol–water partition coefficient (Wildman–Crippen LogP) is 6.17. The van der Waals surface area contributed by atoms with Crippen LogP contribution >= 0.6 is 23.2 Å². The van der Waals surface area contributed by atoms with Gasteiger partial charge in [0.2, 0.25) is 0 Å². The number of hydrogen-bond acceptors (Lipinski definition) is 6. The Morgan fingerprint density at radius 2 is 1.79 bits per heavy atom. The molecule has 1 fully saturated rings. The predicted molar refractivity (Wildman–Crippen MR) is 145 cm³/mol. The van der Waals surface area contributed by atoms with Gasteiger partial charge in [-0.25, -0.2) is 23.9 Å². The fourth-order valence-corrected chi connectivity index (χ4v) is 4.48. The topological polar surface area (TPSA) is 107 Å². The number of esters is 1. The van der Waals surface area contributed by atoms with Crippen LogP contribution in [-0.4, -0.2) is 40.8 Å². The molecule has 1 aromatic heterocycles. The first-order valence-corrected chi connectivity index (χ1v) is 12.2. The molecule has 0 aliphatic carbocycles. The molecule has 0 bridgehead atoms. The van der Waals surface area contributed by atoms with Crippen LogP contribution in [0.25, 0.3) is 17.0 Å². The maximum Gasteiger partial charge on any atom is 0.419 e. The van der Waals surface area contributed by atoms with E-state index in [9.17, 15) is 19.2 Å². The number of aromatic nitrogens is 1. The van der Waals surface area contributed by atoms with Crippen molar-refractivity contribution in [3.8, 4) is 0 Å². The molecule has 38 heavy (non-hydrogen) atoms. The molecule has 4 rings (SSSR count). The summed E-state index contributed by atoms with van der Waals surface area (Å²) >= 11 is 12.8. The fraction of sp³-hybridized carbons (Fsp3) is 0.185. The summed E-state index contributed by atoms with van der Waals surface area (Å²) in [7, 11) is 0. The molecule has 0 atom stereocenters. The van der Waals surface area contributed by atoms with Gasteiger partial charge >= 0.3 is 18.1 Å². The van der Waals surface area contributed by atoms with Crippen LogP contribution in [0.4, 0.5) is 15.3 Å². The Bertz CT molecular complexity index is 1520. The highest BCUT2D eigenvalue weighted by atomic mass is 35.5. The summed E-state index contributed by atoms with van der Waals surface area (Å²) in [6.45, 7) is 8.38. The first-order valence-electron chi connectivity index (χ1n) is 11.4. The van der Waals surface area contributed by atoms with Gasteiger partial charge in [-0.15, -0.1) is 0 Å². The van der Waals surface area contributed by atoms with Crippen molar-refractivity contribution in [2.75, 3.05) is 11.5 Å². The molecule has 1 N–H and O–H groups in total. The third kappa shape index (κ3) is 5.16. The smallest absolute Gasteiger partial charge is 0.419 e. The molecule has 3 amide bonds. The summed E-state index contributed by atoms with van der Waals surface area (Å²) in [5.74, 6) is -1.59. The van der Waals surface area contributed by atoms with E-state index in [2.05, 4.69) is 11.9 Å². The third-order valence-corrected chi connectivity index (χ3v) is 5.82. The number of nitrogens with zero attached hydrogens (tertiary/aromatic N) is 2. The van der Waals surface area contributed by atoms with Crippen LogP contribution in [0.2, 0.25) is 10.0 Å². The number of imide groups is 1. The molecule has 196 valence electrons. The van der Waals surface area contributed by atoms with E-state index in [0.717, 1.165) is 9.47 Å². The van der Waals surface area contributed by atoms with E-state index in [-0.39, 0.29) is 44.5 Å². The molecule has 0 spiro atoms. The maximum absolute atomic E-state index is 13.4.